The summed E-state index contributed by atoms with van der Waals surface area (Å²) in [5, 5.41) is 0. The molecule has 2 heteroatoms. The van der Waals surface area contributed by atoms with Crippen LogP contribution in [0.1, 0.15) is 6.92 Å². The Hall–Kier alpha value is -0.970. The summed E-state index contributed by atoms with van der Waals surface area (Å²) in [5.74, 6) is 0. The Labute approximate surface area is 37.1 Å². The molecule has 0 aliphatic heterocycles. The van der Waals surface area contributed by atoms with Gasteiger partial charge in [0.1, 0.15) is 0 Å². The van der Waals surface area contributed by atoms with Crippen LogP contribution in [-0.2, 0) is 0 Å². The highest BCUT2D eigenvalue weighted by atomic mass is 14.7. The average Bonchev–Trinajstić information content (AvgIpc) is 1.35. The topological polar surface area (TPSA) is 30.4 Å². The third-order valence-electron chi connectivity index (χ3n) is 0.268. The normalized spacial score (nSPS) is 10.3. The number of allylic oxidation sites excluding steroid dienone is 1. The fraction of sp³-hybridized carbons (Fsp3) is 0.250. The summed E-state index contributed by atoms with van der Waals surface area (Å²) in [6, 6.07) is 0. The predicted molar refractivity (Wildman–Crippen MR) is 24.5 cm³/mol. The second kappa shape index (κ2) is 2.28. The molecule has 2 nitrogen and oxygen atoms in total. The van der Waals surface area contributed by atoms with E-state index in [-0.39, 0.29) is 0 Å². The monoisotopic (exact) mass is 82.1 g/mol. The highest BCUT2D eigenvalue weighted by Crippen LogP contribution is 1.76. The zero-order valence-corrected chi connectivity index (χ0v) is 3.60. The minimum atomic E-state index is 0.560. The molecule has 0 aromatic heterocycles. The Morgan fingerprint density at radius 1 is 2.00 bits per heavy atom. The molecule has 0 aromatic carbocycles. The maximum atomic E-state index is 6.20. The molecule has 0 radical (unpaired) electrons. The molecular formula is C4H6N2. The van der Waals surface area contributed by atoms with Gasteiger partial charge in [-0.2, -0.15) is 0 Å². The van der Waals surface area contributed by atoms with Gasteiger partial charge in [-0.05, 0) is 6.92 Å². The van der Waals surface area contributed by atoms with Gasteiger partial charge < -0.3 is 5.73 Å². The minimum absolute atomic E-state index is 0.560. The summed E-state index contributed by atoms with van der Waals surface area (Å²) in [7, 11) is 0. The highest BCUT2D eigenvalue weighted by Gasteiger charge is 1.65. The molecular weight excluding hydrogens is 76.1 g/mol. The van der Waals surface area contributed by atoms with Crippen molar-refractivity contribution in [3.05, 3.63) is 23.3 Å². The van der Waals surface area contributed by atoms with Crippen molar-refractivity contribution in [1.29, 1.82) is 0 Å². The first-order valence-electron chi connectivity index (χ1n) is 1.56. The molecule has 0 aromatic rings. The van der Waals surface area contributed by atoms with Crippen LogP contribution in [0.25, 0.3) is 4.85 Å². The van der Waals surface area contributed by atoms with Crippen LogP contribution in [0.4, 0.5) is 0 Å². The van der Waals surface area contributed by atoms with E-state index in [0.29, 0.717) is 5.70 Å². The summed E-state index contributed by atoms with van der Waals surface area (Å²) in [4.78, 5) is 2.90. The van der Waals surface area contributed by atoms with Gasteiger partial charge >= 0.3 is 0 Å². The molecule has 6 heavy (non-hydrogen) atoms. The van der Waals surface area contributed by atoms with E-state index in [9.17, 15) is 0 Å². The van der Waals surface area contributed by atoms with E-state index in [4.69, 9.17) is 12.3 Å². The smallest absolute Gasteiger partial charge is 0.171 e. The lowest BCUT2D eigenvalue weighted by Gasteiger charge is -1.75. The summed E-state index contributed by atoms with van der Waals surface area (Å²) in [6.45, 7) is 7.88. The zero-order chi connectivity index (χ0) is 4.99. The number of rotatable bonds is 0. The van der Waals surface area contributed by atoms with Crippen molar-refractivity contribution in [2.75, 3.05) is 0 Å². The van der Waals surface area contributed by atoms with Gasteiger partial charge in [-0.3, -0.25) is 0 Å². The van der Waals surface area contributed by atoms with E-state index in [1.54, 1.807) is 6.92 Å². The maximum absolute atomic E-state index is 6.20. The molecule has 0 heterocycles. The summed E-state index contributed by atoms with van der Waals surface area (Å²) in [6.07, 6.45) is 1.28. The van der Waals surface area contributed by atoms with Gasteiger partial charge in [0.05, 0.1) is 6.57 Å². The molecule has 0 rings (SSSR count). The molecule has 0 atom stereocenters. The van der Waals surface area contributed by atoms with Gasteiger partial charge in [-0.1, -0.05) is 0 Å². The van der Waals surface area contributed by atoms with Gasteiger partial charge in [-0.25, -0.2) is 4.85 Å². The van der Waals surface area contributed by atoms with E-state index in [1.807, 2.05) is 0 Å². The van der Waals surface area contributed by atoms with Crippen LogP contribution in [0.15, 0.2) is 11.9 Å². The number of nitrogens with two attached hydrogens (primary N) is 1. The Balaban J connectivity index is 3.51. The Morgan fingerprint density at radius 2 is 2.50 bits per heavy atom. The average molecular weight is 82.1 g/mol. The molecule has 0 unspecified atom stereocenters. The van der Waals surface area contributed by atoms with E-state index >= 15 is 0 Å². The molecule has 0 aliphatic carbocycles. The SMILES string of the molecule is [C-]#[N+]C=C(C)N. The van der Waals surface area contributed by atoms with Crippen molar-refractivity contribution in [1.82, 2.24) is 0 Å². The highest BCUT2D eigenvalue weighted by molar-refractivity contribution is 4.97. The van der Waals surface area contributed by atoms with Crippen LogP contribution in [0.3, 0.4) is 0 Å². The molecule has 2 N–H and O–H groups in total. The summed E-state index contributed by atoms with van der Waals surface area (Å²) < 4.78 is 0. The second-order valence-electron chi connectivity index (χ2n) is 1.00. The van der Waals surface area contributed by atoms with Crippen LogP contribution in [0.5, 0.6) is 0 Å². The van der Waals surface area contributed by atoms with E-state index in [1.165, 1.54) is 6.20 Å². The van der Waals surface area contributed by atoms with Crippen LogP contribution >= 0.6 is 0 Å². The first-order chi connectivity index (χ1) is 2.77. The Bertz CT molecular complexity index is 92.6. The zero-order valence-electron chi connectivity index (χ0n) is 3.60. The standard InChI is InChI=1S/C4H6N2/c1-4(5)3-6-2/h3H,5H2,1H3. The lowest BCUT2D eigenvalue weighted by molar-refractivity contribution is 1.32. The van der Waals surface area contributed by atoms with Crippen molar-refractivity contribution in [2.24, 2.45) is 5.73 Å². The Kier molecular flexibility index (Phi) is 1.91. The van der Waals surface area contributed by atoms with Gasteiger partial charge in [-0.15, -0.1) is 0 Å². The van der Waals surface area contributed by atoms with E-state index in [0.717, 1.165) is 0 Å². The van der Waals surface area contributed by atoms with Crippen molar-refractivity contribution in [3.63, 3.8) is 0 Å². The van der Waals surface area contributed by atoms with Crippen LogP contribution < -0.4 is 5.73 Å². The molecule has 0 amide bonds. The van der Waals surface area contributed by atoms with Crippen molar-refractivity contribution in [2.45, 2.75) is 6.92 Å². The minimum Gasteiger partial charge on any atom is -0.411 e. The molecule has 0 saturated carbocycles. The lowest BCUT2D eigenvalue weighted by atomic mass is 10.6. The quantitative estimate of drug-likeness (QED) is 0.429. The third-order valence-corrected chi connectivity index (χ3v) is 0.268. The molecule has 0 saturated heterocycles. The van der Waals surface area contributed by atoms with Gasteiger partial charge in [0.2, 0.25) is 0 Å². The molecule has 32 valence electrons. The number of nitrogens with zero attached hydrogens (tertiary/aromatic N) is 1. The van der Waals surface area contributed by atoms with Crippen LogP contribution in [-0.4, -0.2) is 0 Å². The third kappa shape index (κ3) is 3.03. The summed E-state index contributed by atoms with van der Waals surface area (Å²) >= 11 is 0. The first kappa shape index (κ1) is 5.03. The van der Waals surface area contributed by atoms with Crippen LogP contribution in [0, 0.1) is 6.57 Å². The van der Waals surface area contributed by atoms with Gasteiger partial charge in [0.15, 0.2) is 6.20 Å². The van der Waals surface area contributed by atoms with Crippen LogP contribution in [0.2, 0.25) is 0 Å². The summed E-state index contributed by atoms with van der Waals surface area (Å²) in [5.41, 5.74) is 5.61. The maximum Gasteiger partial charge on any atom is 0.171 e. The first-order valence-corrected chi connectivity index (χ1v) is 1.56. The van der Waals surface area contributed by atoms with Crippen molar-refractivity contribution >= 4 is 0 Å². The second-order valence-corrected chi connectivity index (χ2v) is 1.00. The number of hydrogen-bond acceptors (Lipinski definition) is 1. The predicted octanol–water partition coefficient (Wildman–Crippen LogP) is 0.726. The molecule has 0 bridgehead atoms. The fourth-order valence-corrected chi connectivity index (χ4v) is 0.102. The van der Waals surface area contributed by atoms with E-state index in [2.05, 4.69) is 4.85 Å². The van der Waals surface area contributed by atoms with Gasteiger partial charge in [0, 0.05) is 5.70 Å². The Morgan fingerprint density at radius 3 is 2.50 bits per heavy atom. The molecule has 0 aliphatic rings. The number of hydrogen-bond donors (Lipinski definition) is 1. The molecule has 0 fully saturated rings. The van der Waals surface area contributed by atoms with Gasteiger partial charge in [0.25, 0.3) is 0 Å². The fourth-order valence-electron chi connectivity index (χ4n) is 0.102. The van der Waals surface area contributed by atoms with Crippen molar-refractivity contribution < 1.29 is 0 Å². The largest absolute Gasteiger partial charge is 0.411 e. The molecule has 0 spiro atoms. The van der Waals surface area contributed by atoms with Crippen molar-refractivity contribution in [3.8, 4) is 0 Å². The lowest BCUT2D eigenvalue weighted by Crippen LogP contribution is -1.86. The van der Waals surface area contributed by atoms with E-state index < -0.39 is 0 Å².